The number of nitro benzene ring substituents is 1. The third kappa shape index (κ3) is 2.32. The molecule has 0 spiro atoms. The molecule has 1 aliphatic heterocycles. The molecule has 4 nitrogen and oxygen atoms in total. The van der Waals surface area contributed by atoms with Crippen LogP contribution in [0.25, 0.3) is 5.57 Å². The highest BCUT2D eigenvalue weighted by molar-refractivity contribution is 7.80. The zero-order valence-corrected chi connectivity index (χ0v) is 14.2. The fourth-order valence-electron chi connectivity index (χ4n) is 3.55. The van der Waals surface area contributed by atoms with E-state index in [0.29, 0.717) is 0 Å². The maximum atomic E-state index is 11.2. The number of hydrogen-bond acceptors (Lipinski definition) is 3. The number of fused-ring (bicyclic) bond motifs is 3. The van der Waals surface area contributed by atoms with Crippen molar-refractivity contribution in [1.82, 2.24) is 5.32 Å². The van der Waals surface area contributed by atoms with Gasteiger partial charge in [-0.1, -0.05) is 54.2 Å². The molecule has 1 atom stereocenters. The van der Waals surface area contributed by atoms with Crippen LogP contribution in [0.15, 0.2) is 48.0 Å². The molecule has 0 amide bonds. The van der Waals surface area contributed by atoms with Crippen LogP contribution in [0.2, 0.25) is 5.02 Å². The number of nitrogens with zero attached hydrogens (tertiary/aromatic N) is 1. The van der Waals surface area contributed by atoms with Crippen molar-refractivity contribution in [2.45, 2.75) is 18.9 Å². The summed E-state index contributed by atoms with van der Waals surface area (Å²) in [6, 6.07) is 13.2. The second-order valence-electron chi connectivity index (χ2n) is 5.91. The van der Waals surface area contributed by atoms with Crippen molar-refractivity contribution in [3.05, 3.63) is 79.9 Å². The van der Waals surface area contributed by atoms with E-state index in [1.54, 1.807) is 12.1 Å². The molecule has 1 aliphatic carbocycles. The van der Waals surface area contributed by atoms with E-state index < -0.39 is 4.92 Å². The summed E-state index contributed by atoms with van der Waals surface area (Å²) in [7, 11) is 0. The molecule has 1 N–H and O–H groups in total. The summed E-state index contributed by atoms with van der Waals surface area (Å²) >= 11 is 11.3. The molecule has 120 valence electrons. The smallest absolute Gasteiger partial charge is 0.288 e. The summed E-state index contributed by atoms with van der Waals surface area (Å²) in [5.74, 6) is 0. The quantitative estimate of drug-likeness (QED) is 0.476. The number of hydrogen-bond donors (Lipinski definition) is 1. The Bertz CT molecular complexity index is 923. The lowest BCUT2D eigenvalue weighted by atomic mass is 9.93. The zero-order valence-electron chi connectivity index (χ0n) is 12.6. The van der Waals surface area contributed by atoms with Gasteiger partial charge in [0.15, 0.2) is 0 Å². The van der Waals surface area contributed by atoms with Gasteiger partial charge in [-0.3, -0.25) is 10.1 Å². The lowest BCUT2D eigenvalue weighted by Crippen LogP contribution is -2.31. The Morgan fingerprint density at radius 1 is 1.21 bits per heavy atom. The summed E-state index contributed by atoms with van der Waals surface area (Å²) in [4.78, 5) is 11.7. The summed E-state index contributed by atoms with van der Waals surface area (Å²) in [5, 5.41) is 14.8. The van der Waals surface area contributed by atoms with Crippen molar-refractivity contribution in [3.8, 4) is 0 Å². The van der Waals surface area contributed by atoms with Crippen LogP contribution in [0, 0.1) is 10.1 Å². The van der Waals surface area contributed by atoms with Crippen LogP contribution in [0.1, 0.15) is 35.6 Å². The minimum atomic E-state index is -0.441. The highest BCUT2D eigenvalue weighted by atomic mass is 35.5. The first kappa shape index (κ1) is 15.3. The van der Waals surface area contributed by atoms with Gasteiger partial charge >= 0.3 is 0 Å². The predicted octanol–water partition coefficient (Wildman–Crippen LogP) is 4.82. The van der Waals surface area contributed by atoms with Crippen LogP contribution in [-0.4, -0.2) is 9.91 Å². The average Bonchev–Trinajstić information content (AvgIpc) is 2.89. The minimum Gasteiger partial charge on any atom is -0.369 e. The standard InChI is InChI=1S/C18H13ClN2O2S/c19-14-7-5-10(9-15(14)21(22)23)17-11-3-1-2-4-12(11)18-13(17)6-8-16(24)20-18/h1-5,7,9,18H,6,8H2,(H,20,24). The number of piperidine rings is 1. The molecule has 1 fully saturated rings. The molecular formula is C18H13ClN2O2S. The average molecular weight is 357 g/mol. The Morgan fingerprint density at radius 2 is 2.00 bits per heavy atom. The van der Waals surface area contributed by atoms with Gasteiger partial charge in [-0.05, 0) is 40.3 Å². The van der Waals surface area contributed by atoms with Crippen LogP contribution >= 0.6 is 23.8 Å². The van der Waals surface area contributed by atoms with E-state index >= 15 is 0 Å². The Hall–Kier alpha value is -2.24. The molecule has 4 rings (SSSR count). The highest BCUT2D eigenvalue weighted by Gasteiger charge is 2.34. The number of nitrogens with one attached hydrogen (secondary N) is 1. The number of thiocarbonyl (C=S) groups is 1. The van der Waals surface area contributed by atoms with Crippen LogP contribution in [-0.2, 0) is 0 Å². The highest BCUT2D eigenvalue weighted by Crippen LogP contribution is 2.47. The van der Waals surface area contributed by atoms with Gasteiger partial charge in [0.05, 0.1) is 16.0 Å². The first-order chi connectivity index (χ1) is 11.6. The number of rotatable bonds is 2. The fourth-order valence-corrected chi connectivity index (χ4v) is 3.95. The summed E-state index contributed by atoms with van der Waals surface area (Å²) in [5.41, 5.74) is 5.33. The Kier molecular flexibility index (Phi) is 3.62. The molecule has 1 saturated heterocycles. The first-order valence-corrected chi connectivity index (χ1v) is 8.41. The van der Waals surface area contributed by atoms with Crippen molar-refractivity contribution in [3.63, 3.8) is 0 Å². The van der Waals surface area contributed by atoms with E-state index in [1.807, 2.05) is 18.2 Å². The molecule has 0 radical (unpaired) electrons. The molecule has 1 unspecified atom stereocenters. The Balaban J connectivity index is 1.93. The van der Waals surface area contributed by atoms with E-state index in [9.17, 15) is 10.1 Å². The van der Waals surface area contributed by atoms with E-state index in [1.165, 1.54) is 11.1 Å². The Labute approximate surface area is 149 Å². The van der Waals surface area contributed by atoms with Crippen molar-refractivity contribution in [1.29, 1.82) is 0 Å². The molecule has 1 heterocycles. The first-order valence-electron chi connectivity index (χ1n) is 7.62. The van der Waals surface area contributed by atoms with Crippen molar-refractivity contribution < 1.29 is 4.92 Å². The predicted molar refractivity (Wildman–Crippen MR) is 98.3 cm³/mol. The van der Waals surface area contributed by atoms with E-state index in [4.69, 9.17) is 23.8 Å². The van der Waals surface area contributed by atoms with E-state index in [0.717, 1.165) is 34.5 Å². The van der Waals surface area contributed by atoms with Gasteiger partial charge in [0, 0.05) is 12.5 Å². The summed E-state index contributed by atoms with van der Waals surface area (Å²) < 4.78 is 0. The second-order valence-corrected chi connectivity index (χ2v) is 6.81. The molecule has 2 aliphatic rings. The monoisotopic (exact) mass is 356 g/mol. The van der Waals surface area contributed by atoms with Crippen LogP contribution in [0.5, 0.6) is 0 Å². The van der Waals surface area contributed by atoms with Crippen molar-refractivity contribution in [2.24, 2.45) is 0 Å². The molecule has 2 aromatic rings. The maximum Gasteiger partial charge on any atom is 0.288 e. The minimum absolute atomic E-state index is 0.0622. The maximum absolute atomic E-state index is 11.2. The lowest BCUT2D eigenvalue weighted by Gasteiger charge is -2.25. The number of benzene rings is 2. The Morgan fingerprint density at radius 3 is 2.79 bits per heavy atom. The van der Waals surface area contributed by atoms with Crippen LogP contribution in [0.3, 0.4) is 0 Å². The molecule has 24 heavy (non-hydrogen) atoms. The molecule has 6 heteroatoms. The second kappa shape index (κ2) is 5.69. The number of nitro groups is 1. The fraction of sp³-hybridized carbons (Fsp3) is 0.167. The third-order valence-electron chi connectivity index (χ3n) is 4.57. The normalized spacial score (nSPS) is 18.9. The van der Waals surface area contributed by atoms with E-state index in [-0.39, 0.29) is 16.8 Å². The largest absolute Gasteiger partial charge is 0.369 e. The van der Waals surface area contributed by atoms with Crippen LogP contribution in [0.4, 0.5) is 5.69 Å². The molecular weight excluding hydrogens is 344 g/mol. The lowest BCUT2D eigenvalue weighted by molar-refractivity contribution is -0.384. The summed E-state index contributed by atoms with van der Waals surface area (Å²) in [6.45, 7) is 0. The summed E-state index contributed by atoms with van der Waals surface area (Å²) in [6.07, 6.45) is 1.66. The van der Waals surface area contributed by atoms with Gasteiger partial charge < -0.3 is 5.32 Å². The van der Waals surface area contributed by atoms with E-state index in [2.05, 4.69) is 17.4 Å². The van der Waals surface area contributed by atoms with Gasteiger partial charge in [-0.25, -0.2) is 0 Å². The van der Waals surface area contributed by atoms with Crippen LogP contribution < -0.4 is 5.32 Å². The van der Waals surface area contributed by atoms with Gasteiger partial charge in [-0.15, -0.1) is 0 Å². The van der Waals surface area contributed by atoms with Gasteiger partial charge in [0.1, 0.15) is 5.02 Å². The zero-order chi connectivity index (χ0) is 16.8. The molecule has 0 bridgehead atoms. The molecule has 0 saturated carbocycles. The van der Waals surface area contributed by atoms with Crippen molar-refractivity contribution >= 4 is 40.1 Å². The van der Waals surface area contributed by atoms with Crippen molar-refractivity contribution in [2.75, 3.05) is 0 Å². The van der Waals surface area contributed by atoms with Gasteiger partial charge in [-0.2, -0.15) is 0 Å². The van der Waals surface area contributed by atoms with Gasteiger partial charge in [0.25, 0.3) is 5.69 Å². The molecule has 0 aromatic heterocycles. The van der Waals surface area contributed by atoms with Gasteiger partial charge in [0.2, 0.25) is 0 Å². The topological polar surface area (TPSA) is 55.2 Å². The number of halogens is 1. The SMILES string of the molecule is O=[N+]([O-])c1cc(C2=C3CCC(=S)NC3c3ccccc32)ccc1Cl. The molecule has 2 aromatic carbocycles. The third-order valence-corrected chi connectivity index (χ3v) is 5.21.